The third-order valence-corrected chi connectivity index (χ3v) is 6.03. The van der Waals surface area contributed by atoms with Gasteiger partial charge >= 0.3 is 0 Å². The minimum absolute atomic E-state index is 0.874. The molecule has 0 saturated heterocycles. The third kappa shape index (κ3) is 3.52. The van der Waals surface area contributed by atoms with Crippen molar-refractivity contribution in [2.45, 2.75) is 76.3 Å². The molecule has 2 heteroatoms. The Balaban J connectivity index is 1.28. The zero-order chi connectivity index (χ0) is 13.1. The van der Waals surface area contributed by atoms with Crippen LogP contribution < -0.4 is 5.32 Å². The molecule has 3 aliphatic carbocycles. The van der Waals surface area contributed by atoms with E-state index in [0.717, 1.165) is 23.9 Å². The third-order valence-electron chi connectivity index (χ3n) is 6.03. The first-order valence-electron chi connectivity index (χ1n) is 8.76. The van der Waals surface area contributed by atoms with Gasteiger partial charge in [0.05, 0.1) is 0 Å². The molecule has 0 heterocycles. The molecule has 0 amide bonds. The van der Waals surface area contributed by atoms with Crippen molar-refractivity contribution in [3.05, 3.63) is 0 Å². The van der Waals surface area contributed by atoms with Crippen LogP contribution in [0.4, 0.5) is 0 Å². The van der Waals surface area contributed by atoms with Gasteiger partial charge < -0.3 is 10.2 Å². The van der Waals surface area contributed by atoms with Crippen LogP contribution >= 0.6 is 0 Å². The van der Waals surface area contributed by atoms with Crippen molar-refractivity contribution in [3.8, 4) is 0 Å². The lowest BCUT2D eigenvalue weighted by Gasteiger charge is -2.31. The molecule has 3 unspecified atom stereocenters. The second-order valence-electron chi connectivity index (χ2n) is 7.36. The van der Waals surface area contributed by atoms with Crippen LogP contribution in [0.3, 0.4) is 0 Å². The molecule has 3 saturated carbocycles. The van der Waals surface area contributed by atoms with E-state index in [0.29, 0.717) is 0 Å². The zero-order valence-corrected chi connectivity index (χ0v) is 12.7. The van der Waals surface area contributed by atoms with Crippen molar-refractivity contribution in [3.63, 3.8) is 0 Å². The molecule has 3 aliphatic rings. The van der Waals surface area contributed by atoms with Crippen LogP contribution in [-0.2, 0) is 0 Å². The van der Waals surface area contributed by atoms with Crippen molar-refractivity contribution < 1.29 is 0 Å². The average Bonchev–Trinajstić information content (AvgIpc) is 3.07. The van der Waals surface area contributed by atoms with Crippen molar-refractivity contribution in [2.75, 3.05) is 20.1 Å². The summed E-state index contributed by atoms with van der Waals surface area (Å²) in [5.74, 6) is 2.11. The van der Waals surface area contributed by atoms with Gasteiger partial charge in [-0.15, -0.1) is 0 Å². The van der Waals surface area contributed by atoms with Gasteiger partial charge in [-0.05, 0) is 70.5 Å². The molecule has 0 radical (unpaired) electrons. The summed E-state index contributed by atoms with van der Waals surface area (Å²) in [6.07, 6.45) is 14.6. The van der Waals surface area contributed by atoms with Gasteiger partial charge in [-0.1, -0.05) is 25.7 Å². The Morgan fingerprint density at radius 3 is 2.53 bits per heavy atom. The van der Waals surface area contributed by atoms with Crippen LogP contribution in [0.15, 0.2) is 0 Å². The highest BCUT2D eigenvalue weighted by Gasteiger charge is 2.38. The SMILES string of the molecule is CN(CCCNC1CC2CCC1C2)C1CCCCC1. The fraction of sp³-hybridized carbons (Fsp3) is 1.00. The van der Waals surface area contributed by atoms with Gasteiger partial charge in [0.2, 0.25) is 0 Å². The van der Waals surface area contributed by atoms with E-state index in [2.05, 4.69) is 17.3 Å². The van der Waals surface area contributed by atoms with Gasteiger partial charge in [-0.2, -0.15) is 0 Å². The van der Waals surface area contributed by atoms with Crippen LogP contribution in [0.5, 0.6) is 0 Å². The maximum Gasteiger partial charge on any atom is 0.00980 e. The highest BCUT2D eigenvalue weighted by molar-refractivity contribution is 4.94. The van der Waals surface area contributed by atoms with Crippen LogP contribution in [0.25, 0.3) is 0 Å². The Kier molecular flexibility index (Phi) is 4.81. The molecule has 1 N–H and O–H groups in total. The van der Waals surface area contributed by atoms with Gasteiger partial charge in [0.15, 0.2) is 0 Å². The van der Waals surface area contributed by atoms with Crippen LogP contribution in [0, 0.1) is 11.8 Å². The lowest BCUT2D eigenvalue weighted by atomic mass is 9.94. The normalized spacial score (nSPS) is 35.4. The van der Waals surface area contributed by atoms with Crippen LogP contribution in [0.2, 0.25) is 0 Å². The van der Waals surface area contributed by atoms with E-state index in [9.17, 15) is 0 Å². The molecule has 0 aromatic heterocycles. The molecule has 0 aliphatic heterocycles. The lowest BCUT2D eigenvalue weighted by molar-refractivity contribution is 0.188. The summed E-state index contributed by atoms with van der Waals surface area (Å²) < 4.78 is 0. The molecular formula is C17H32N2. The van der Waals surface area contributed by atoms with Gasteiger partial charge in [0, 0.05) is 12.1 Å². The predicted octanol–water partition coefficient (Wildman–Crippen LogP) is 3.42. The topological polar surface area (TPSA) is 15.3 Å². The largest absolute Gasteiger partial charge is 0.314 e. The Hall–Kier alpha value is -0.0800. The van der Waals surface area contributed by atoms with E-state index < -0.39 is 0 Å². The summed E-state index contributed by atoms with van der Waals surface area (Å²) >= 11 is 0. The molecule has 0 aromatic carbocycles. The number of nitrogens with zero attached hydrogens (tertiary/aromatic N) is 1. The summed E-state index contributed by atoms with van der Waals surface area (Å²) in [5.41, 5.74) is 0. The van der Waals surface area contributed by atoms with Crippen molar-refractivity contribution in [2.24, 2.45) is 11.8 Å². The Morgan fingerprint density at radius 1 is 1.00 bits per heavy atom. The smallest absolute Gasteiger partial charge is 0.00980 e. The zero-order valence-electron chi connectivity index (χ0n) is 12.7. The number of nitrogens with one attached hydrogen (secondary N) is 1. The molecule has 0 aromatic rings. The Bertz CT molecular complexity index is 272. The first kappa shape index (κ1) is 13.9. The van der Waals surface area contributed by atoms with Crippen molar-refractivity contribution in [1.29, 1.82) is 0 Å². The highest BCUT2D eigenvalue weighted by atomic mass is 15.1. The van der Waals surface area contributed by atoms with E-state index >= 15 is 0 Å². The quantitative estimate of drug-likeness (QED) is 0.740. The summed E-state index contributed by atoms with van der Waals surface area (Å²) in [4.78, 5) is 2.63. The Labute approximate surface area is 119 Å². The molecule has 0 spiro atoms. The van der Waals surface area contributed by atoms with Crippen molar-refractivity contribution in [1.82, 2.24) is 10.2 Å². The van der Waals surface area contributed by atoms with E-state index in [1.807, 2.05) is 0 Å². The second-order valence-corrected chi connectivity index (χ2v) is 7.36. The van der Waals surface area contributed by atoms with Crippen LogP contribution in [-0.4, -0.2) is 37.1 Å². The summed E-state index contributed by atoms with van der Waals surface area (Å²) in [6.45, 7) is 2.53. The molecule has 2 nitrogen and oxygen atoms in total. The van der Waals surface area contributed by atoms with Gasteiger partial charge in [-0.25, -0.2) is 0 Å². The molecule has 110 valence electrons. The number of hydrogen-bond acceptors (Lipinski definition) is 2. The van der Waals surface area contributed by atoms with E-state index in [4.69, 9.17) is 0 Å². The molecule has 3 atom stereocenters. The van der Waals surface area contributed by atoms with Gasteiger partial charge in [0.1, 0.15) is 0 Å². The minimum atomic E-state index is 0.874. The Morgan fingerprint density at radius 2 is 1.84 bits per heavy atom. The highest BCUT2D eigenvalue weighted by Crippen LogP contribution is 2.44. The van der Waals surface area contributed by atoms with Gasteiger partial charge in [0.25, 0.3) is 0 Å². The fourth-order valence-corrected chi connectivity index (χ4v) is 4.82. The second kappa shape index (κ2) is 6.58. The maximum absolute atomic E-state index is 3.84. The first-order chi connectivity index (χ1) is 9.33. The molecular weight excluding hydrogens is 232 g/mol. The van der Waals surface area contributed by atoms with E-state index in [1.165, 1.54) is 77.3 Å². The molecule has 3 rings (SSSR count). The summed E-state index contributed by atoms with van der Waals surface area (Å²) in [7, 11) is 2.34. The number of hydrogen-bond donors (Lipinski definition) is 1. The lowest BCUT2D eigenvalue weighted by Crippen LogP contribution is -2.38. The molecule has 2 bridgehead atoms. The standard InChI is InChI=1S/C17H32N2/c1-19(16-6-3-2-4-7-16)11-5-10-18-17-13-14-8-9-15(17)12-14/h14-18H,2-13H2,1H3. The number of fused-ring (bicyclic) bond motifs is 2. The fourth-order valence-electron chi connectivity index (χ4n) is 4.82. The molecule has 19 heavy (non-hydrogen) atoms. The predicted molar refractivity (Wildman–Crippen MR) is 81.4 cm³/mol. The van der Waals surface area contributed by atoms with Crippen molar-refractivity contribution >= 4 is 0 Å². The summed E-state index contributed by atoms with van der Waals surface area (Å²) in [6, 6.07) is 1.76. The monoisotopic (exact) mass is 264 g/mol. The molecule has 3 fully saturated rings. The first-order valence-corrected chi connectivity index (χ1v) is 8.76. The maximum atomic E-state index is 3.84. The van der Waals surface area contributed by atoms with Gasteiger partial charge in [-0.3, -0.25) is 0 Å². The number of rotatable bonds is 6. The average molecular weight is 264 g/mol. The van der Waals surface area contributed by atoms with E-state index in [-0.39, 0.29) is 0 Å². The van der Waals surface area contributed by atoms with Crippen LogP contribution in [0.1, 0.15) is 64.2 Å². The minimum Gasteiger partial charge on any atom is -0.314 e. The summed E-state index contributed by atoms with van der Waals surface area (Å²) in [5, 5.41) is 3.84. The van der Waals surface area contributed by atoms with E-state index in [1.54, 1.807) is 0 Å².